The van der Waals surface area contributed by atoms with Crippen LogP contribution in [0.3, 0.4) is 0 Å². The Hall–Kier alpha value is -1.81. The third-order valence-corrected chi connectivity index (χ3v) is 3.35. The van der Waals surface area contributed by atoms with Crippen LogP contribution >= 0.6 is 0 Å². The van der Waals surface area contributed by atoms with Crippen molar-refractivity contribution in [3.8, 4) is 0 Å². The van der Waals surface area contributed by atoms with Gasteiger partial charge in [0.25, 0.3) is 0 Å². The van der Waals surface area contributed by atoms with Crippen LogP contribution < -0.4 is 5.32 Å². The van der Waals surface area contributed by atoms with E-state index in [4.69, 9.17) is 5.11 Å². The van der Waals surface area contributed by atoms with Gasteiger partial charge in [-0.25, -0.2) is 0 Å². The third-order valence-electron chi connectivity index (χ3n) is 3.35. The van der Waals surface area contributed by atoms with E-state index in [9.17, 15) is 4.79 Å². The zero-order valence-corrected chi connectivity index (χ0v) is 11.4. The van der Waals surface area contributed by atoms with E-state index in [1.807, 2.05) is 48.9 Å². The highest BCUT2D eigenvalue weighted by Crippen LogP contribution is 2.17. The third kappa shape index (κ3) is 3.15. The van der Waals surface area contributed by atoms with Crippen molar-refractivity contribution < 1.29 is 9.90 Å². The van der Waals surface area contributed by atoms with Crippen molar-refractivity contribution >= 4 is 16.8 Å². The first-order valence-electron chi connectivity index (χ1n) is 6.62. The summed E-state index contributed by atoms with van der Waals surface area (Å²) >= 11 is 0. The summed E-state index contributed by atoms with van der Waals surface area (Å²) in [5, 5.41) is 13.1. The summed E-state index contributed by atoms with van der Waals surface area (Å²) < 4.78 is 1.92. The number of aromatic nitrogens is 1. The van der Waals surface area contributed by atoms with Gasteiger partial charge in [-0.2, -0.15) is 0 Å². The summed E-state index contributed by atoms with van der Waals surface area (Å²) in [6.07, 6.45) is 2.83. The molecular formula is C15H20N2O2. The summed E-state index contributed by atoms with van der Waals surface area (Å²) in [5.74, 6) is 0.0260. The fourth-order valence-electron chi connectivity index (χ4n) is 2.06. The van der Waals surface area contributed by atoms with Gasteiger partial charge < -0.3 is 15.0 Å². The van der Waals surface area contributed by atoms with Crippen LogP contribution in [0.5, 0.6) is 0 Å². The number of aliphatic hydroxyl groups excluding tert-OH is 1. The maximum Gasteiger partial charge on any atom is 0.240 e. The quantitative estimate of drug-likeness (QED) is 0.864. The Bertz CT molecular complexity index is 575. The molecule has 0 spiro atoms. The Kier molecular flexibility index (Phi) is 4.22. The molecule has 1 unspecified atom stereocenters. The van der Waals surface area contributed by atoms with E-state index < -0.39 is 0 Å². The van der Waals surface area contributed by atoms with Crippen molar-refractivity contribution in [1.29, 1.82) is 0 Å². The fourth-order valence-corrected chi connectivity index (χ4v) is 2.06. The summed E-state index contributed by atoms with van der Waals surface area (Å²) in [7, 11) is 0. The molecule has 0 aliphatic carbocycles. The number of rotatable bonds is 5. The minimum absolute atomic E-state index is 0.0260. The maximum absolute atomic E-state index is 11.9. The molecule has 2 N–H and O–H groups in total. The number of benzene rings is 1. The van der Waals surface area contributed by atoms with Crippen molar-refractivity contribution in [2.45, 2.75) is 39.5 Å². The largest absolute Gasteiger partial charge is 0.392 e. The Morgan fingerprint density at radius 3 is 2.89 bits per heavy atom. The van der Waals surface area contributed by atoms with Gasteiger partial charge in [-0.3, -0.25) is 4.79 Å². The molecule has 1 atom stereocenters. The first-order chi connectivity index (χ1) is 9.13. The summed E-state index contributed by atoms with van der Waals surface area (Å²) in [6, 6.07) is 7.93. The molecule has 1 aromatic heterocycles. The first kappa shape index (κ1) is 13.6. The molecule has 0 aliphatic heterocycles. The van der Waals surface area contributed by atoms with Gasteiger partial charge in [0.15, 0.2) is 0 Å². The second-order valence-corrected chi connectivity index (χ2v) is 4.87. The molecule has 0 bridgehead atoms. The lowest BCUT2D eigenvalue weighted by Crippen LogP contribution is -2.34. The van der Waals surface area contributed by atoms with Gasteiger partial charge >= 0.3 is 0 Å². The Balaban J connectivity index is 2.15. The zero-order chi connectivity index (χ0) is 13.8. The minimum atomic E-state index is 0.0260. The van der Waals surface area contributed by atoms with E-state index in [1.54, 1.807) is 0 Å². The van der Waals surface area contributed by atoms with Crippen LogP contribution in [-0.4, -0.2) is 21.6 Å². The van der Waals surface area contributed by atoms with Gasteiger partial charge in [-0.05, 0) is 42.5 Å². The number of hydrogen-bond donors (Lipinski definition) is 2. The first-order valence-corrected chi connectivity index (χ1v) is 6.62. The molecule has 1 amide bonds. The molecule has 4 nitrogen and oxygen atoms in total. The molecule has 1 heterocycles. The van der Waals surface area contributed by atoms with Gasteiger partial charge in [0.2, 0.25) is 5.91 Å². The summed E-state index contributed by atoms with van der Waals surface area (Å²) in [5.41, 5.74) is 1.89. The average Bonchev–Trinajstić information content (AvgIpc) is 2.80. The van der Waals surface area contributed by atoms with E-state index in [-0.39, 0.29) is 18.6 Å². The van der Waals surface area contributed by atoms with Crippen LogP contribution in [-0.2, 0) is 17.9 Å². The number of fused-ring (bicyclic) bond motifs is 1. The number of nitrogens with zero attached hydrogens (tertiary/aromatic N) is 1. The highest BCUT2D eigenvalue weighted by atomic mass is 16.3. The SMILES string of the molecule is CCC(C)NC(=O)Cn1ccc2cc(CO)ccc21. The van der Waals surface area contributed by atoms with E-state index >= 15 is 0 Å². The van der Waals surface area contributed by atoms with Crippen LogP contribution in [0.25, 0.3) is 10.9 Å². The lowest BCUT2D eigenvalue weighted by molar-refractivity contribution is -0.122. The number of hydrogen-bond acceptors (Lipinski definition) is 2. The Labute approximate surface area is 113 Å². The molecule has 0 saturated carbocycles. The molecule has 102 valence electrons. The van der Waals surface area contributed by atoms with E-state index in [2.05, 4.69) is 5.32 Å². The van der Waals surface area contributed by atoms with Gasteiger partial charge in [-0.15, -0.1) is 0 Å². The van der Waals surface area contributed by atoms with E-state index in [0.717, 1.165) is 22.9 Å². The molecule has 1 aromatic carbocycles. The lowest BCUT2D eigenvalue weighted by atomic mass is 10.2. The Morgan fingerprint density at radius 2 is 2.21 bits per heavy atom. The number of nitrogens with one attached hydrogen (secondary N) is 1. The fraction of sp³-hybridized carbons (Fsp3) is 0.400. The van der Waals surface area contributed by atoms with Crippen molar-refractivity contribution in [2.75, 3.05) is 0 Å². The maximum atomic E-state index is 11.9. The predicted octanol–water partition coefficient (Wildman–Crippen LogP) is 2.05. The molecule has 0 saturated heterocycles. The second kappa shape index (κ2) is 5.89. The van der Waals surface area contributed by atoms with Crippen molar-refractivity contribution in [2.24, 2.45) is 0 Å². The molecule has 2 rings (SSSR count). The van der Waals surface area contributed by atoms with Crippen molar-refractivity contribution in [1.82, 2.24) is 9.88 Å². The average molecular weight is 260 g/mol. The molecule has 4 heteroatoms. The van der Waals surface area contributed by atoms with Gasteiger partial charge in [0.05, 0.1) is 6.61 Å². The van der Waals surface area contributed by atoms with Crippen molar-refractivity contribution in [3.05, 3.63) is 36.0 Å². The number of carbonyl (C=O) groups is 1. The smallest absolute Gasteiger partial charge is 0.240 e. The number of carbonyl (C=O) groups excluding carboxylic acids is 1. The highest BCUT2D eigenvalue weighted by Gasteiger charge is 2.08. The molecule has 19 heavy (non-hydrogen) atoms. The topological polar surface area (TPSA) is 54.3 Å². The second-order valence-electron chi connectivity index (χ2n) is 4.87. The van der Waals surface area contributed by atoms with Crippen LogP contribution in [0.4, 0.5) is 0 Å². The Morgan fingerprint density at radius 1 is 1.42 bits per heavy atom. The van der Waals surface area contributed by atoms with Gasteiger partial charge in [-0.1, -0.05) is 13.0 Å². The van der Waals surface area contributed by atoms with Crippen LogP contribution in [0.15, 0.2) is 30.5 Å². The highest BCUT2D eigenvalue weighted by molar-refractivity contribution is 5.83. The lowest BCUT2D eigenvalue weighted by Gasteiger charge is -2.12. The van der Waals surface area contributed by atoms with E-state index in [1.165, 1.54) is 0 Å². The predicted molar refractivity (Wildman–Crippen MR) is 75.8 cm³/mol. The standard InChI is InChI=1S/C15H20N2O2/c1-3-11(2)16-15(19)9-17-7-6-13-8-12(10-18)4-5-14(13)17/h4-8,11,18H,3,9-10H2,1-2H3,(H,16,19). The zero-order valence-electron chi connectivity index (χ0n) is 11.4. The summed E-state index contributed by atoms with van der Waals surface area (Å²) in [4.78, 5) is 11.9. The molecular weight excluding hydrogens is 240 g/mol. The van der Waals surface area contributed by atoms with Crippen LogP contribution in [0.1, 0.15) is 25.8 Å². The number of aliphatic hydroxyl groups is 1. The minimum Gasteiger partial charge on any atom is -0.392 e. The molecule has 0 fully saturated rings. The molecule has 2 aromatic rings. The normalized spacial score (nSPS) is 12.6. The summed E-state index contributed by atoms with van der Waals surface area (Å²) in [6.45, 7) is 4.41. The van der Waals surface area contributed by atoms with Gasteiger partial charge in [0.1, 0.15) is 6.54 Å². The molecule has 0 radical (unpaired) electrons. The molecule has 0 aliphatic rings. The van der Waals surface area contributed by atoms with Crippen LogP contribution in [0, 0.1) is 0 Å². The number of amides is 1. The monoisotopic (exact) mass is 260 g/mol. The van der Waals surface area contributed by atoms with Crippen molar-refractivity contribution in [3.63, 3.8) is 0 Å². The van der Waals surface area contributed by atoms with Gasteiger partial charge in [0, 0.05) is 17.8 Å². The van der Waals surface area contributed by atoms with Crippen LogP contribution in [0.2, 0.25) is 0 Å². The van der Waals surface area contributed by atoms with E-state index in [0.29, 0.717) is 6.54 Å².